The number of nitrogens with zero attached hydrogens (tertiary/aromatic N) is 1. The quantitative estimate of drug-likeness (QED) is 0.501. The van der Waals surface area contributed by atoms with E-state index in [1.807, 2.05) is 0 Å². The summed E-state index contributed by atoms with van der Waals surface area (Å²) in [5, 5.41) is 22.5. The summed E-state index contributed by atoms with van der Waals surface area (Å²) in [4.78, 5) is 21.9. The van der Waals surface area contributed by atoms with Gasteiger partial charge in [-0.25, -0.2) is 4.39 Å². The van der Waals surface area contributed by atoms with Crippen LogP contribution in [0.15, 0.2) is 40.9 Å². The van der Waals surface area contributed by atoms with E-state index in [2.05, 4.69) is 21.2 Å². The number of nitro benzene ring substituents is 1. The number of halogens is 2. The fraction of sp³-hybridized carbons (Fsp3) is 0. The third kappa shape index (κ3) is 3.34. The topological polar surface area (TPSA) is 92.5 Å². The van der Waals surface area contributed by atoms with Crippen LogP contribution in [-0.2, 0) is 0 Å². The van der Waals surface area contributed by atoms with Gasteiger partial charge >= 0.3 is 0 Å². The van der Waals surface area contributed by atoms with Gasteiger partial charge in [0.25, 0.3) is 11.6 Å². The van der Waals surface area contributed by atoms with Crippen LogP contribution in [-0.4, -0.2) is 15.9 Å². The van der Waals surface area contributed by atoms with Gasteiger partial charge in [-0.15, -0.1) is 0 Å². The van der Waals surface area contributed by atoms with E-state index < -0.39 is 16.6 Å². The van der Waals surface area contributed by atoms with E-state index in [9.17, 15) is 24.4 Å². The molecular formula is C13H8BrFN2O4. The number of anilines is 1. The van der Waals surface area contributed by atoms with E-state index in [1.54, 1.807) is 0 Å². The van der Waals surface area contributed by atoms with E-state index in [0.29, 0.717) is 0 Å². The van der Waals surface area contributed by atoms with Crippen LogP contribution in [0.5, 0.6) is 5.75 Å². The van der Waals surface area contributed by atoms with Crippen molar-refractivity contribution in [1.29, 1.82) is 0 Å². The smallest absolute Gasteiger partial charge is 0.271 e. The highest BCUT2D eigenvalue weighted by atomic mass is 79.9. The number of amides is 1. The molecule has 1 amide bonds. The number of phenols is 1. The summed E-state index contributed by atoms with van der Waals surface area (Å²) in [5.74, 6) is -1.64. The minimum Gasteiger partial charge on any atom is -0.506 e. The molecule has 2 aromatic rings. The number of carbonyl (C=O) groups excluding carboxylic acids is 1. The summed E-state index contributed by atoms with van der Waals surface area (Å²) in [6.07, 6.45) is 0. The number of phenolic OH excluding ortho intramolecular Hbond substituents is 1. The molecule has 0 bridgehead atoms. The minimum atomic E-state index is -0.697. The average Bonchev–Trinajstić information content (AvgIpc) is 2.43. The zero-order valence-corrected chi connectivity index (χ0v) is 11.9. The third-order valence-corrected chi connectivity index (χ3v) is 3.26. The van der Waals surface area contributed by atoms with Crippen molar-refractivity contribution in [2.45, 2.75) is 0 Å². The number of hydrogen-bond donors (Lipinski definition) is 2. The molecule has 21 heavy (non-hydrogen) atoms. The van der Waals surface area contributed by atoms with Crippen LogP contribution in [0.4, 0.5) is 15.8 Å². The van der Waals surface area contributed by atoms with Gasteiger partial charge in [-0.3, -0.25) is 14.9 Å². The summed E-state index contributed by atoms with van der Waals surface area (Å²) >= 11 is 2.96. The normalized spacial score (nSPS) is 10.2. The standard InChI is InChI=1S/C13H8BrFN2O4/c14-9-3-1-7(5-10(9)15)13(19)16-11-6-8(17(20)21)2-4-12(11)18/h1-6,18H,(H,16,19). The second-order valence-corrected chi connectivity index (χ2v) is 4.90. The fourth-order valence-electron chi connectivity index (χ4n) is 1.57. The molecule has 8 heteroatoms. The molecule has 0 aliphatic rings. The van der Waals surface area contributed by atoms with Crippen LogP contribution in [0.1, 0.15) is 10.4 Å². The molecule has 0 radical (unpaired) electrons. The van der Waals surface area contributed by atoms with E-state index in [4.69, 9.17) is 0 Å². The molecule has 0 heterocycles. The third-order valence-electron chi connectivity index (χ3n) is 2.62. The first-order valence-corrected chi connectivity index (χ1v) is 6.41. The van der Waals surface area contributed by atoms with Gasteiger partial charge in [-0.2, -0.15) is 0 Å². The Morgan fingerprint density at radius 3 is 2.62 bits per heavy atom. The molecule has 0 unspecified atom stereocenters. The molecule has 0 aliphatic heterocycles. The Bertz CT molecular complexity index is 736. The summed E-state index contributed by atoms with van der Waals surface area (Å²) in [6.45, 7) is 0. The van der Waals surface area contributed by atoms with Crippen LogP contribution >= 0.6 is 15.9 Å². The van der Waals surface area contributed by atoms with Gasteiger partial charge in [0.15, 0.2) is 0 Å². The molecule has 0 aliphatic carbocycles. The second-order valence-electron chi connectivity index (χ2n) is 4.04. The Morgan fingerprint density at radius 2 is 2.00 bits per heavy atom. The van der Waals surface area contributed by atoms with Crippen molar-refractivity contribution < 1.29 is 19.2 Å². The van der Waals surface area contributed by atoms with E-state index in [1.165, 1.54) is 12.1 Å². The first-order chi connectivity index (χ1) is 9.88. The van der Waals surface area contributed by atoms with Crippen LogP contribution in [0, 0.1) is 15.9 Å². The Kier molecular flexibility index (Phi) is 4.18. The van der Waals surface area contributed by atoms with Gasteiger partial charge in [-0.1, -0.05) is 0 Å². The molecular weight excluding hydrogens is 347 g/mol. The van der Waals surface area contributed by atoms with Crippen LogP contribution in [0.3, 0.4) is 0 Å². The van der Waals surface area contributed by atoms with Crippen molar-refractivity contribution in [2.75, 3.05) is 5.32 Å². The van der Waals surface area contributed by atoms with Gasteiger partial charge in [0.2, 0.25) is 0 Å². The number of benzene rings is 2. The van der Waals surface area contributed by atoms with E-state index in [-0.39, 0.29) is 27.2 Å². The zero-order valence-electron chi connectivity index (χ0n) is 10.3. The highest BCUT2D eigenvalue weighted by Gasteiger charge is 2.14. The number of nitro groups is 1. The lowest BCUT2D eigenvalue weighted by Gasteiger charge is -2.07. The van der Waals surface area contributed by atoms with Crippen molar-refractivity contribution in [1.82, 2.24) is 0 Å². The predicted molar refractivity (Wildman–Crippen MR) is 76.8 cm³/mol. The molecule has 0 fully saturated rings. The highest BCUT2D eigenvalue weighted by Crippen LogP contribution is 2.28. The molecule has 0 spiro atoms. The molecule has 0 saturated heterocycles. The van der Waals surface area contributed by atoms with Crippen molar-refractivity contribution >= 4 is 33.2 Å². The minimum absolute atomic E-state index is 0.0154. The number of carbonyl (C=O) groups is 1. The summed E-state index contributed by atoms with van der Waals surface area (Å²) < 4.78 is 13.6. The Hall–Kier alpha value is -2.48. The molecule has 0 saturated carbocycles. The van der Waals surface area contributed by atoms with Gasteiger partial charge in [0.1, 0.15) is 11.6 Å². The van der Waals surface area contributed by atoms with Crippen molar-refractivity contribution in [3.8, 4) is 5.75 Å². The largest absolute Gasteiger partial charge is 0.506 e. The number of hydrogen-bond acceptors (Lipinski definition) is 4. The lowest BCUT2D eigenvalue weighted by atomic mass is 10.2. The lowest BCUT2D eigenvalue weighted by molar-refractivity contribution is -0.384. The molecule has 0 atom stereocenters. The van der Waals surface area contributed by atoms with Gasteiger partial charge in [-0.05, 0) is 40.2 Å². The SMILES string of the molecule is O=C(Nc1cc([N+](=O)[O-])ccc1O)c1ccc(Br)c(F)c1. The average molecular weight is 355 g/mol. The molecule has 2 rings (SSSR count). The van der Waals surface area contributed by atoms with E-state index >= 15 is 0 Å². The maximum absolute atomic E-state index is 13.4. The molecule has 0 aromatic heterocycles. The zero-order chi connectivity index (χ0) is 15.6. The first kappa shape index (κ1) is 14.9. The molecule has 2 N–H and O–H groups in total. The number of non-ortho nitro benzene ring substituents is 1. The monoisotopic (exact) mass is 354 g/mol. The first-order valence-electron chi connectivity index (χ1n) is 5.62. The maximum atomic E-state index is 13.4. The predicted octanol–water partition coefficient (Wildman–Crippen LogP) is 3.45. The Balaban J connectivity index is 2.28. The summed E-state index contributed by atoms with van der Waals surface area (Å²) in [6, 6.07) is 6.95. The summed E-state index contributed by atoms with van der Waals surface area (Å²) in [5.41, 5.74) is -0.399. The van der Waals surface area contributed by atoms with Crippen molar-refractivity contribution in [3.05, 3.63) is 62.4 Å². The highest BCUT2D eigenvalue weighted by molar-refractivity contribution is 9.10. The Morgan fingerprint density at radius 1 is 1.29 bits per heavy atom. The summed E-state index contributed by atoms with van der Waals surface area (Å²) in [7, 11) is 0. The van der Waals surface area contributed by atoms with Gasteiger partial charge < -0.3 is 10.4 Å². The van der Waals surface area contributed by atoms with Crippen molar-refractivity contribution in [2.24, 2.45) is 0 Å². The van der Waals surface area contributed by atoms with Crippen LogP contribution in [0.25, 0.3) is 0 Å². The Labute approximate surface area is 126 Å². The molecule has 108 valence electrons. The van der Waals surface area contributed by atoms with Crippen molar-refractivity contribution in [3.63, 3.8) is 0 Å². The van der Waals surface area contributed by atoms with Gasteiger partial charge in [0, 0.05) is 17.7 Å². The molecule has 2 aromatic carbocycles. The number of nitrogens with one attached hydrogen (secondary N) is 1. The van der Waals surface area contributed by atoms with E-state index in [0.717, 1.165) is 24.3 Å². The lowest BCUT2D eigenvalue weighted by Crippen LogP contribution is -2.12. The number of aromatic hydroxyl groups is 1. The second kappa shape index (κ2) is 5.88. The maximum Gasteiger partial charge on any atom is 0.271 e. The van der Waals surface area contributed by atoms with Crippen LogP contribution in [0.2, 0.25) is 0 Å². The van der Waals surface area contributed by atoms with Crippen LogP contribution < -0.4 is 5.32 Å². The number of rotatable bonds is 3. The van der Waals surface area contributed by atoms with Gasteiger partial charge in [0.05, 0.1) is 15.1 Å². The fourth-order valence-corrected chi connectivity index (χ4v) is 1.82. The molecule has 6 nitrogen and oxygen atoms in total.